The van der Waals surface area contributed by atoms with Crippen molar-refractivity contribution in [2.75, 3.05) is 18.5 Å². The zero-order valence-corrected chi connectivity index (χ0v) is 22.2. The minimum atomic E-state index is -5.31. The lowest BCUT2D eigenvalue weighted by molar-refractivity contribution is -0.189. The number of carbonyl (C=O) groups is 1. The number of alkyl halides is 3. The monoisotopic (exact) mass is 597 g/mol. The van der Waals surface area contributed by atoms with Crippen molar-refractivity contribution in [2.24, 2.45) is 5.73 Å². The number of nitrogens with zero attached hydrogens (tertiary/aromatic N) is 5. The van der Waals surface area contributed by atoms with E-state index >= 15 is 0 Å². The Bertz CT molecular complexity index is 1730. The van der Waals surface area contributed by atoms with Crippen LogP contribution in [0.4, 0.5) is 18.9 Å². The van der Waals surface area contributed by atoms with Crippen molar-refractivity contribution in [3.8, 4) is 29.3 Å². The molecule has 0 bridgehead atoms. The summed E-state index contributed by atoms with van der Waals surface area (Å²) < 4.78 is 55.3. The van der Waals surface area contributed by atoms with Gasteiger partial charge in [0, 0.05) is 24.1 Å². The van der Waals surface area contributed by atoms with Gasteiger partial charge in [-0.25, -0.2) is 19.6 Å². The van der Waals surface area contributed by atoms with Crippen LogP contribution in [0, 0.1) is 16.7 Å². The number of nitriles is 1. The van der Waals surface area contributed by atoms with Crippen molar-refractivity contribution in [2.45, 2.75) is 19.1 Å². The molecule has 1 atom stereocenters. The Morgan fingerprint density at radius 2 is 1.91 bits per heavy atom. The number of esters is 1. The Kier molecular flexibility index (Phi) is 8.89. The fourth-order valence-electron chi connectivity index (χ4n) is 3.76. The van der Waals surface area contributed by atoms with Crippen LogP contribution in [-0.2, 0) is 4.79 Å². The number of benzene rings is 2. The third-order valence-electron chi connectivity index (χ3n) is 5.56. The average Bonchev–Trinajstić information content (AvgIpc) is 3.36. The van der Waals surface area contributed by atoms with Crippen molar-refractivity contribution >= 4 is 17.5 Å². The first-order chi connectivity index (χ1) is 20.5. The van der Waals surface area contributed by atoms with Gasteiger partial charge in [-0.3, -0.25) is 10.4 Å². The fraction of sp³-hybridized carbons (Fsp3) is 0.192. The van der Waals surface area contributed by atoms with E-state index in [9.17, 15) is 22.8 Å². The van der Waals surface area contributed by atoms with Gasteiger partial charge >= 0.3 is 17.8 Å². The molecule has 0 fully saturated rings. The molecule has 43 heavy (non-hydrogen) atoms. The first kappa shape index (κ1) is 30.0. The van der Waals surface area contributed by atoms with E-state index in [1.165, 1.54) is 30.6 Å². The summed E-state index contributed by atoms with van der Waals surface area (Å²) >= 11 is 0. The summed E-state index contributed by atoms with van der Waals surface area (Å²) in [5.41, 5.74) is 5.03. The number of anilines is 1. The molecule has 0 amide bonds. The number of amidine groups is 1. The topological polar surface area (TPSA) is 207 Å². The lowest BCUT2D eigenvalue weighted by Gasteiger charge is -2.21. The number of rotatable bonds is 11. The van der Waals surface area contributed by atoms with Gasteiger partial charge in [-0.2, -0.15) is 18.4 Å². The minimum absolute atomic E-state index is 0.0232. The van der Waals surface area contributed by atoms with E-state index in [1.807, 2.05) is 6.07 Å². The summed E-state index contributed by atoms with van der Waals surface area (Å²) in [4.78, 5) is 35.0. The molecule has 222 valence electrons. The molecule has 0 aliphatic carbocycles. The van der Waals surface area contributed by atoms with Crippen LogP contribution in [0.2, 0.25) is 0 Å². The highest BCUT2D eigenvalue weighted by molar-refractivity contribution is 5.99. The molecule has 0 saturated heterocycles. The Morgan fingerprint density at radius 3 is 2.56 bits per heavy atom. The van der Waals surface area contributed by atoms with E-state index in [-0.39, 0.29) is 47.7 Å². The Labute approximate surface area is 240 Å². The smallest absolute Gasteiger partial charge is 0.490 e. The van der Waals surface area contributed by atoms with Crippen molar-refractivity contribution in [3.05, 3.63) is 82.3 Å². The van der Waals surface area contributed by atoms with E-state index in [4.69, 9.17) is 25.9 Å². The molecule has 1 unspecified atom stereocenters. The quantitative estimate of drug-likeness (QED) is 0.0855. The van der Waals surface area contributed by atoms with Crippen molar-refractivity contribution in [1.82, 2.24) is 24.7 Å². The molecule has 0 radical (unpaired) electrons. The van der Waals surface area contributed by atoms with Crippen LogP contribution in [0.3, 0.4) is 0 Å². The van der Waals surface area contributed by atoms with Crippen LogP contribution in [0.5, 0.6) is 17.2 Å². The maximum absolute atomic E-state index is 12.9. The summed E-state index contributed by atoms with van der Waals surface area (Å²) in [7, 11) is 0. The van der Waals surface area contributed by atoms with Crippen LogP contribution < -0.4 is 31.0 Å². The maximum Gasteiger partial charge on any atom is 0.491 e. The number of carbonyl (C=O) groups excluding carboxylic acids is 1. The van der Waals surface area contributed by atoms with E-state index in [0.29, 0.717) is 5.56 Å². The molecule has 4 aromatic rings. The van der Waals surface area contributed by atoms with Gasteiger partial charge in [0.05, 0.1) is 12.2 Å². The number of H-pyrrole nitrogens is 1. The SMILES string of the molecule is CCOc1cc(C(Nc2ccc(C(=N)N)c(OC(=O)C(F)(F)F)c2)c2nn(-c3ncccn3)c(=O)[nH]2)ccc1OCC#N. The number of nitrogens with one attached hydrogen (secondary N) is 3. The molecule has 0 aliphatic rings. The van der Waals surface area contributed by atoms with Crippen LogP contribution >= 0.6 is 0 Å². The van der Waals surface area contributed by atoms with Gasteiger partial charge in [0.25, 0.3) is 5.95 Å². The number of aromatic nitrogens is 5. The van der Waals surface area contributed by atoms with Crippen LogP contribution in [0.15, 0.2) is 59.7 Å². The molecular formula is C26H22F3N9O5. The number of halogens is 3. The highest BCUT2D eigenvalue weighted by Gasteiger charge is 2.42. The Morgan fingerprint density at radius 1 is 1.16 bits per heavy atom. The second kappa shape index (κ2) is 12.7. The number of hydrogen-bond donors (Lipinski definition) is 4. The second-order valence-electron chi connectivity index (χ2n) is 8.45. The molecule has 0 spiro atoms. The molecule has 2 heterocycles. The van der Waals surface area contributed by atoms with Gasteiger partial charge in [-0.15, -0.1) is 9.78 Å². The molecule has 14 nitrogen and oxygen atoms in total. The lowest BCUT2D eigenvalue weighted by Crippen LogP contribution is -2.29. The maximum atomic E-state index is 12.9. The predicted octanol–water partition coefficient (Wildman–Crippen LogP) is 2.60. The van der Waals surface area contributed by atoms with Gasteiger partial charge in [-0.05, 0) is 42.8 Å². The molecule has 0 aliphatic heterocycles. The van der Waals surface area contributed by atoms with Crippen molar-refractivity contribution in [1.29, 1.82) is 10.7 Å². The Balaban J connectivity index is 1.82. The van der Waals surface area contributed by atoms with Gasteiger partial charge in [0.1, 0.15) is 23.7 Å². The van der Waals surface area contributed by atoms with E-state index < -0.39 is 35.5 Å². The Hall–Kier alpha value is -5.92. The highest BCUT2D eigenvalue weighted by Crippen LogP contribution is 2.35. The number of ether oxygens (including phenoxy) is 3. The van der Waals surface area contributed by atoms with E-state index in [2.05, 4.69) is 30.1 Å². The molecular weight excluding hydrogens is 575 g/mol. The van der Waals surface area contributed by atoms with Crippen LogP contribution in [-0.4, -0.2) is 55.9 Å². The molecule has 2 aromatic heterocycles. The van der Waals surface area contributed by atoms with Gasteiger partial charge in [0.15, 0.2) is 23.9 Å². The first-order valence-electron chi connectivity index (χ1n) is 12.3. The summed E-state index contributed by atoms with van der Waals surface area (Å²) in [6, 6.07) is 10.6. The number of nitrogen functional groups attached to an aromatic ring is 1. The number of nitrogens with two attached hydrogens (primary N) is 1. The van der Waals surface area contributed by atoms with Gasteiger partial charge in [-0.1, -0.05) is 6.07 Å². The molecule has 4 rings (SSSR count). The first-order valence-corrected chi connectivity index (χ1v) is 12.3. The van der Waals surface area contributed by atoms with E-state index in [1.54, 1.807) is 25.1 Å². The minimum Gasteiger partial charge on any atom is -0.490 e. The lowest BCUT2D eigenvalue weighted by atomic mass is 10.0. The zero-order valence-electron chi connectivity index (χ0n) is 22.2. The standard InChI is InChI=1S/C26H22F3N9O5/c1-2-41-19-12-14(4-7-17(19)42-11-8-30)20(22-36-25(40)38(37-22)24-33-9-3-10-34-24)35-15-5-6-16(21(31)32)18(13-15)43-23(39)26(27,28)29/h3-7,9-10,12-13,20,35H,2,11H2,1H3,(H3,31,32)(H,36,37,40). The molecule has 5 N–H and O–H groups in total. The van der Waals surface area contributed by atoms with Crippen LogP contribution in [0.25, 0.3) is 5.95 Å². The summed E-state index contributed by atoms with van der Waals surface area (Å²) in [5.74, 6) is -3.29. The molecule has 2 aromatic carbocycles. The molecule has 17 heteroatoms. The average molecular weight is 598 g/mol. The van der Waals surface area contributed by atoms with Crippen molar-refractivity contribution in [3.63, 3.8) is 0 Å². The summed E-state index contributed by atoms with van der Waals surface area (Å²) in [6.45, 7) is 1.72. The summed E-state index contributed by atoms with van der Waals surface area (Å²) in [6.07, 6.45) is -2.49. The summed E-state index contributed by atoms with van der Waals surface area (Å²) in [5, 5.41) is 23.9. The number of aromatic amines is 1. The highest BCUT2D eigenvalue weighted by atomic mass is 19.4. The van der Waals surface area contributed by atoms with E-state index in [0.717, 1.165) is 10.7 Å². The van der Waals surface area contributed by atoms with Gasteiger partial charge in [0.2, 0.25) is 0 Å². The molecule has 0 saturated carbocycles. The fourth-order valence-corrected chi connectivity index (χ4v) is 3.76. The van der Waals surface area contributed by atoms with Crippen LogP contribution in [0.1, 0.15) is 29.9 Å². The largest absolute Gasteiger partial charge is 0.491 e. The third kappa shape index (κ3) is 7.05. The van der Waals surface area contributed by atoms with Gasteiger partial charge < -0.3 is 25.3 Å². The third-order valence-corrected chi connectivity index (χ3v) is 5.56. The normalized spacial score (nSPS) is 11.7. The van der Waals surface area contributed by atoms with Crippen molar-refractivity contribution < 1.29 is 32.2 Å². The zero-order chi connectivity index (χ0) is 31.1. The number of hydrogen-bond acceptors (Lipinski definition) is 11. The predicted molar refractivity (Wildman–Crippen MR) is 143 cm³/mol. The second-order valence-corrected chi connectivity index (χ2v) is 8.45.